The molecule has 1 heterocycles. The number of fused-ring (bicyclic) bond motifs is 2. The van der Waals surface area contributed by atoms with E-state index in [0.717, 1.165) is 5.39 Å². The van der Waals surface area contributed by atoms with Crippen LogP contribution in [0.2, 0.25) is 0 Å². The molecule has 0 aliphatic heterocycles. The molecular weight excluding hydrogens is 273 g/mol. The highest BCUT2D eigenvalue weighted by Crippen LogP contribution is 2.36. The molecular formula is C18H10BNO2. The molecule has 0 atom stereocenters. The first-order valence-electron chi connectivity index (χ1n) is 6.90. The van der Waals surface area contributed by atoms with E-state index in [-0.39, 0.29) is 17.1 Å². The number of benzene rings is 2. The molecule has 1 aliphatic carbocycles. The highest BCUT2D eigenvalue weighted by atomic mass is 16.3. The standard InChI is InChI=1S/C18H10BNO2/c19-13-7-3-4-10-8-9-14(20-16(10)13)15-17(21)11-5-1-2-6-12(11)18(15)22/h1-9,21H. The number of pyridine rings is 1. The van der Waals surface area contributed by atoms with Crippen molar-refractivity contribution < 1.29 is 9.90 Å². The Bertz CT molecular complexity index is 976. The number of Topliss-reactive ketones (excluding diaryl/α,β-unsaturated/α-hetero) is 1. The van der Waals surface area contributed by atoms with Crippen LogP contribution in [0.5, 0.6) is 0 Å². The Morgan fingerprint density at radius 1 is 0.909 bits per heavy atom. The summed E-state index contributed by atoms with van der Waals surface area (Å²) in [6, 6.07) is 16.1. The normalized spacial score (nSPS) is 13.7. The molecule has 2 radical (unpaired) electrons. The van der Waals surface area contributed by atoms with Gasteiger partial charge in [-0.1, -0.05) is 54.0 Å². The third-order valence-electron chi connectivity index (χ3n) is 3.90. The Hall–Kier alpha value is -2.88. The van der Waals surface area contributed by atoms with Crippen LogP contribution in [0.4, 0.5) is 0 Å². The predicted octanol–water partition coefficient (Wildman–Crippen LogP) is 2.65. The molecule has 1 aromatic heterocycles. The molecule has 22 heavy (non-hydrogen) atoms. The maximum absolute atomic E-state index is 12.5. The van der Waals surface area contributed by atoms with Crippen LogP contribution >= 0.6 is 0 Å². The molecule has 3 aromatic rings. The zero-order valence-corrected chi connectivity index (χ0v) is 11.6. The lowest BCUT2D eigenvalue weighted by atomic mass is 9.93. The second-order valence-corrected chi connectivity index (χ2v) is 5.21. The summed E-state index contributed by atoms with van der Waals surface area (Å²) < 4.78 is 0. The van der Waals surface area contributed by atoms with Crippen LogP contribution in [0, 0.1) is 0 Å². The minimum atomic E-state index is -0.213. The predicted molar refractivity (Wildman–Crippen MR) is 87.3 cm³/mol. The Morgan fingerprint density at radius 2 is 1.68 bits per heavy atom. The molecule has 0 fully saturated rings. The summed E-state index contributed by atoms with van der Waals surface area (Å²) in [6.45, 7) is 0. The number of hydrogen-bond donors (Lipinski definition) is 1. The van der Waals surface area contributed by atoms with Gasteiger partial charge in [0.1, 0.15) is 13.6 Å². The van der Waals surface area contributed by atoms with Crippen molar-refractivity contribution >= 4 is 41.3 Å². The molecule has 0 amide bonds. The molecule has 2 aromatic carbocycles. The van der Waals surface area contributed by atoms with E-state index in [2.05, 4.69) is 4.98 Å². The average molecular weight is 283 g/mol. The third-order valence-corrected chi connectivity index (χ3v) is 3.90. The van der Waals surface area contributed by atoms with Crippen molar-refractivity contribution in [2.45, 2.75) is 0 Å². The minimum absolute atomic E-state index is 0.0260. The molecule has 0 saturated carbocycles. The third kappa shape index (κ3) is 1.70. The van der Waals surface area contributed by atoms with E-state index in [9.17, 15) is 9.90 Å². The average Bonchev–Trinajstić information content (AvgIpc) is 2.80. The first-order chi connectivity index (χ1) is 10.7. The van der Waals surface area contributed by atoms with Crippen molar-refractivity contribution in [1.82, 2.24) is 4.98 Å². The topological polar surface area (TPSA) is 50.2 Å². The minimum Gasteiger partial charge on any atom is -0.506 e. The summed E-state index contributed by atoms with van der Waals surface area (Å²) in [5, 5.41) is 11.3. The summed E-state index contributed by atoms with van der Waals surface area (Å²) >= 11 is 0. The highest BCUT2D eigenvalue weighted by molar-refractivity contribution is 6.40. The zero-order chi connectivity index (χ0) is 15.3. The molecule has 4 rings (SSSR count). The molecule has 102 valence electrons. The highest BCUT2D eigenvalue weighted by Gasteiger charge is 2.31. The molecule has 0 saturated heterocycles. The van der Waals surface area contributed by atoms with Gasteiger partial charge in [-0.05, 0) is 11.5 Å². The number of carbonyl (C=O) groups excluding carboxylic acids is 1. The Labute approximate surface area is 128 Å². The molecule has 3 nitrogen and oxygen atoms in total. The van der Waals surface area contributed by atoms with Crippen LogP contribution in [-0.4, -0.2) is 23.7 Å². The van der Waals surface area contributed by atoms with Crippen molar-refractivity contribution in [1.29, 1.82) is 0 Å². The number of ketones is 1. The number of aliphatic hydroxyl groups is 1. The molecule has 4 heteroatoms. The van der Waals surface area contributed by atoms with Crippen molar-refractivity contribution in [3.8, 4) is 0 Å². The lowest BCUT2D eigenvalue weighted by Gasteiger charge is -2.06. The Kier molecular flexibility index (Phi) is 2.66. The fraction of sp³-hybridized carbons (Fsp3) is 0. The van der Waals surface area contributed by atoms with Gasteiger partial charge in [-0.2, -0.15) is 0 Å². The van der Waals surface area contributed by atoms with Gasteiger partial charge in [0, 0.05) is 11.1 Å². The number of aliphatic hydroxyl groups excluding tert-OH is 1. The fourth-order valence-electron chi connectivity index (χ4n) is 2.81. The van der Waals surface area contributed by atoms with Gasteiger partial charge in [-0.25, -0.2) is 4.98 Å². The maximum atomic E-state index is 12.5. The van der Waals surface area contributed by atoms with Gasteiger partial charge in [-0.3, -0.25) is 4.79 Å². The number of carbonyl (C=O) groups is 1. The number of aromatic nitrogens is 1. The molecule has 0 bridgehead atoms. The summed E-state index contributed by atoms with van der Waals surface area (Å²) in [4.78, 5) is 17.0. The smallest absolute Gasteiger partial charge is 0.199 e. The van der Waals surface area contributed by atoms with Gasteiger partial charge >= 0.3 is 0 Å². The second-order valence-electron chi connectivity index (χ2n) is 5.21. The monoisotopic (exact) mass is 283 g/mol. The Morgan fingerprint density at radius 3 is 2.45 bits per heavy atom. The summed E-state index contributed by atoms with van der Waals surface area (Å²) in [5.74, 6) is -0.239. The lowest BCUT2D eigenvalue weighted by molar-refractivity contribution is 0.105. The van der Waals surface area contributed by atoms with Gasteiger partial charge < -0.3 is 5.11 Å². The molecule has 1 aliphatic rings. The number of para-hydroxylation sites is 1. The van der Waals surface area contributed by atoms with Crippen molar-refractivity contribution in [2.24, 2.45) is 0 Å². The van der Waals surface area contributed by atoms with E-state index in [1.807, 2.05) is 18.2 Å². The summed E-state index contributed by atoms with van der Waals surface area (Å²) in [7, 11) is 5.95. The van der Waals surface area contributed by atoms with Crippen LogP contribution in [0.25, 0.3) is 22.2 Å². The summed E-state index contributed by atoms with van der Waals surface area (Å²) in [5.41, 5.74) is 2.88. The van der Waals surface area contributed by atoms with Gasteiger partial charge in [0.25, 0.3) is 0 Å². The number of allylic oxidation sites excluding steroid dienone is 1. The van der Waals surface area contributed by atoms with Gasteiger partial charge in [0.15, 0.2) is 5.78 Å². The van der Waals surface area contributed by atoms with E-state index in [4.69, 9.17) is 7.85 Å². The van der Waals surface area contributed by atoms with E-state index in [1.54, 1.807) is 36.4 Å². The fourth-order valence-corrected chi connectivity index (χ4v) is 2.81. The number of nitrogens with zero attached hydrogens (tertiary/aromatic N) is 1. The number of hydrogen-bond acceptors (Lipinski definition) is 3. The van der Waals surface area contributed by atoms with Gasteiger partial charge in [0.05, 0.1) is 16.8 Å². The first-order valence-corrected chi connectivity index (χ1v) is 6.90. The van der Waals surface area contributed by atoms with E-state index in [0.29, 0.717) is 27.8 Å². The SMILES string of the molecule is [B]c1cccc2ccc(C3=C(O)c4ccccc4C3=O)nc12. The van der Waals surface area contributed by atoms with Crippen LogP contribution in [0.15, 0.2) is 54.6 Å². The molecule has 0 unspecified atom stereocenters. The molecule has 1 N–H and O–H groups in total. The van der Waals surface area contributed by atoms with Crippen molar-refractivity contribution in [2.75, 3.05) is 0 Å². The number of rotatable bonds is 1. The van der Waals surface area contributed by atoms with Gasteiger partial charge in [0.2, 0.25) is 0 Å². The summed E-state index contributed by atoms with van der Waals surface area (Å²) in [6.07, 6.45) is 0. The second kappa shape index (κ2) is 4.56. The maximum Gasteiger partial charge on any atom is 0.199 e. The zero-order valence-electron chi connectivity index (χ0n) is 11.6. The van der Waals surface area contributed by atoms with Crippen LogP contribution < -0.4 is 5.46 Å². The van der Waals surface area contributed by atoms with E-state index < -0.39 is 0 Å². The molecule has 0 spiro atoms. The van der Waals surface area contributed by atoms with E-state index in [1.165, 1.54) is 0 Å². The van der Waals surface area contributed by atoms with Crippen LogP contribution in [0.1, 0.15) is 21.6 Å². The quantitative estimate of drug-likeness (QED) is 0.698. The largest absolute Gasteiger partial charge is 0.506 e. The van der Waals surface area contributed by atoms with Crippen molar-refractivity contribution in [3.05, 3.63) is 71.4 Å². The van der Waals surface area contributed by atoms with Crippen molar-refractivity contribution in [3.63, 3.8) is 0 Å². The Balaban J connectivity index is 1.95. The van der Waals surface area contributed by atoms with Crippen LogP contribution in [0.3, 0.4) is 0 Å². The van der Waals surface area contributed by atoms with Gasteiger partial charge in [-0.15, -0.1) is 0 Å². The first kappa shape index (κ1) is 12.8. The van der Waals surface area contributed by atoms with Crippen LogP contribution in [-0.2, 0) is 0 Å². The van der Waals surface area contributed by atoms with E-state index >= 15 is 0 Å². The lowest BCUT2D eigenvalue weighted by Crippen LogP contribution is -2.07.